The molecule has 1 fully saturated rings. The van der Waals surface area contributed by atoms with E-state index in [2.05, 4.69) is 21.7 Å². The number of nitrogens with one attached hydrogen (secondary N) is 3. The van der Waals surface area contributed by atoms with Crippen molar-refractivity contribution in [3.63, 3.8) is 0 Å². The highest BCUT2D eigenvalue weighted by Crippen LogP contribution is 2.24. The normalized spacial score (nSPS) is 20.3. The topological polar surface area (TPSA) is 56.9 Å². The molecule has 3 N–H and O–H groups in total. The van der Waals surface area contributed by atoms with E-state index in [-0.39, 0.29) is 12.1 Å². The maximum absolute atomic E-state index is 11.1. The molecule has 0 unspecified atom stereocenters. The number of fused-ring (bicyclic) bond motifs is 1. The summed E-state index contributed by atoms with van der Waals surface area (Å²) < 4.78 is 0. The fourth-order valence-corrected chi connectivity index (χ4v) is 2.03. The molecular weight excluding hydrogens is 190 g/mol. The van der Waals surface area contributed by atoms with E-state index in [1.807, 2.05) is 24.4 Å². The Morgan fingerprint density at radius 1 is 1.27 bits per heavy atom. The van der Waals surface area contributed by atoms with Crippen LogP contribution in [0, 0.1) is 0 Å². The molecule has 15 heavy (non-hydrogen) atoms. The second kappa shape index (κ2) is 3.02. The molecule has 0 bridgehead atoms. The van der Waals surface area contributed by atoms with Gasteiger partial charge in [0, 0.05) is 29.2 Å². The number of H-pyrrole nitrogens is 1. The van der Waals surface area contributed by atoms with Crippen molar-refractivity contribution in [1.29, 1.82) is 0 Å². The Balaban J connectivity index is 2.07. The summed E-state index contributed by atoms with van der Waals surface area (Å²) in [7, 11) is 0. The minimum atomic E-state index is -0.0923. The van der Waals surface area contributed by atoms with Gasteiger partial charge in [-0.25, -0.2) is 4.79 Å². The third-order valence-corrected chi connectivity index (χ3v) is 2.77. The van der Waals surface area contributed by atoms with E-state index in [1.165, 1.54) is 5.39 Å². The highest BCUT2D eigenvalue weighted by atomic mass is 16.2. The second-order valence-electron chi connectivity index (χ2n) is 3.70. The molecule has 2 aromatic rings. The van der Waals surface area contributed by atoms with Gasteiger partial charge in [0.1, 0.15) is 0 Å². The van der Waals surface area contributed by atoms with Crippen LogP contribution in [0.1, 0.15) is 11.6 Å². The van der Waals surface area contributed by atoms with Crippen LogP contribution in [0.3, 0.4) is 0 Å². The lowest BCUT2D eigenvalue weighted by molar-refractivity contribution is 0.247. The number of carbonyl (C=O) groups excluding carboxylic acids is 1. The van der Waals surface area contributed by atoms with Crippen LogP contribution in [0.2, 0.25) is 0 Å². The first-order chi connectivity index (χ1) is 7.34. The summed E-state index contributed by atoms with van der Waals surface area (Å²) in [5, 5.41) is 6.81. The number of aromatic nitrogens is 1. The van der Waals surface area contributed by atoms with E-state index in [0.717, 1.165) is 11.1 Å². The fourth-order valence-electron chi connectivity index (χ4n) is 2.03. The number of urea groups is 1. The average molecular weight is 201 g/mol. The maximum Gasteiger partial charge on any atom is 0.315 e. The van der Waals surface area contributed by atoms with Gasteiger partial charge in [-0.3, -0.25) is 0 Å². The smallest absolute Gasteiger partial charge is 0.315 e. The van der Waals surface area contributed by atoms with Crippen molar-refractivity contribution in [1.82, 2.24) is 15.6 Å². The molecule has 0 saturated carbocycles. The molecule has 4 heteroatoms. The van der Waals surface area contributed by atoms with Gasteiger partial charge in [0.2, 0.25) is 0 Å². The predicted molar refractivity (Wildman–Crippen MR) is 57.6 cm³/mol. The number of hydrogen-bond acceptors (Lipinski definition) is 1. The molecule has 4 nitrogen and oxygen atoms in total. The summed E-state index contributed by atoms with van der Waals surface area (Å²) in [6, 6.07) is 8.08. The highest BCUT2D eigenvalue weighted by Gasteiger charge is 2.23. The minimum absolute atomic E-state index is 0.0775. The van der Waals surface area contributed by atoms with Gasteiger partial charge >= 0.3 is 6.03 Å². The summed E-state index contributed by atoms with van der Waals surface area (Å²) in [5.74, 6) is 0. The Bertz CT molecular complexity index is 517. The Kier molecular flexibility index (Phi) is 1.68. The van der Waals surface area contributed by atoms with Gasteiger partial charge in [-0.15, -0.1) is 0 Å². The molecule has 1 aromatic carbocycles. The Morgan fingerprint density at radius 3 is 2.93 bits per heavy atom. The van der Waals surface area contributed by atoms with Crippen LogP contribution < -0.4 is 10.6 Å². The van der Waals surface area contributed by atoms with Crippen molar-refractivity contribution in [2.24, 2.45) is 0 Å². The number of aromatic amines is 1. The van der Waals surface area contributed by atoms with E-state index in [9.17, 15) is 4.79 Å². The van der Waals surface area contributed by atoms with Crippen LogP contribution in [0.15, 0.2) is 30.5 Å². The molecule has 2 amide bonds. The Labute approximate surface area is 86.7 Å². The van der Waals surface area contributed by atoms with Crippen LogP contribution in [-0.2, 0) is 0 Å². The van der Waals surface area contributed by atoms with E-state index < -0.39 is 0 Å². The van der Waals surface area contributed by atoms with Crippen LogP contribution in [0.5, 0.6) is 0 Å². The standard InChI is InChI=1S/C11H11N3O/c15-11-13-6-10(14-11)8-5-12-9-4-2-1-3-7(8)9/h1-5,10,12H,6H2,(H2,13,14,15)/t10-/m1/s1. The summed E-state index contributed by atoms with van der Waals surface area (Å²) >= 11 is 0. The van der Waals surface area contributed by atoms with Crippen LogP contribution in [0.25, 0.3) is 10.9 Å². The SMILES string of the molecule is O=C1NC[C@H](c2c[nH]c3ccccc23)N1. The number of amides is 2. The minimum Gasteiger partial charge on any atom is -0.361 e. The molecule has 1 aromatic heterocycles. The number of carbonyl (C=O) groups is 1. The third kappa shape index (κ3) is 1.26. The predicted octanol–water partition coefficient (Wildman–Crippen LogP) is 1.52. The van der Waals surface area contributed by atoms with Gasteiger partial charge in [-0.1, -0.05) is 18.2 Å². The Morgan fingerprint density at radius 2 is 2.13 bits per heavy atom. The molecule has 0 aliphatic carbocycles. The first-order valence-corrected chi connectivity index (χ1v) is 4.95. The zero-order chi connectivity index (χ0) is 10.3. The lowest BCUT2D eigenvalue weighted by Crippen LogP contribution is -2.21. The van der Waals surface area contributed by atoms with Gasteiger partial charge in [0.05, 0.1) is 6.04 Å². The van der Waals surface area contributed by atoms with Crippen molar-refractivity contribution in [2.45, 2.75) is 6.04 Å². The number of benzene rings is 1. The fraction of sp³-hybridized carbons (Fsp3) is 0.182. The molecule has 1 aliphatic heterocycles. The summed E-state index contributed by atoms with van der Waals surface area (Å²) in [4.78, 5) is 14.3. The molecule has 1 saturated heterocycles. The first-order valence-electron chi connectivity index (χ1n) is 4.95. The summed E-state index contributed by atoms with van der Waals surface area (Å²) in [6.45, 7) is 0.653. The Hall–Kier alpha value is -1.97. The van der Waals surface area contributed by atoms with Crippen LogP contribution >= 0.6 is 0 Å². The highest BCUT2D eigenvalue weighted by molar-refractivity contribution is 5.85. The number of para-hydroxylation sites is 1. The molecule has 0 radical (unpaired) electrons. The van der Waals surface area contributed by atoms with Gasteiger partial charge in [0.15, 0.2) is 0 Å². The van der Waals surface area contributed by atoms with Crippen LogP contribution in [0.4, 0.5) is 4.79 Å². The van der Waals surface area contributed by atoms with Crippen molar-refractivity contribution in [3.05, 3.63) is 36.0 Å². The van der Waals surface area contributed by atoms with Crippen molar-refractivity contribution >= 4 is 16.9 Å². The van der Waals surface area contributed by atoms with Gasteiger partial charge in [-0.2, -0.15) is 0 Å². The molecule has 1 aliphatic rings. The second-order valence-corrected chi connectivity index (χ2v) is 3.70. The lowest BCUT2D eigenvalue weighted by atomic mass is 10.1. The summed E-state index contributed by atoms with van der Waals surface area (Å²) in [6.07, 6.45) is 1.96. The zero-order valence-electron chi connectivity index (χ0n) is 8.08. The molecule has 0 spiro atoms. The molecule has 2 heterocycles. The van der Waals surface area contributed by atoms with E-state index in [0.29, 0.717) is 6.54 Å². The van der Waals surface area contributed by atoms with Gasteiger partial charge in [-0.05, 0) is 6.07 Å². The third-order valence-electron chi connectivity index (χ3n) is 2.77. The molecule has 3 rings (SSSR count). The van der Waals surface area contributed by atoms with Crippen LogP contribution in [-0.4, -0.2) is 17.6 Å². The van der Waals surface area contributed by atoms with E-state index in [1.54, 1.807) is 0 Å². The van der Waals surface area contributed by atoms with Gasteiger partial charge in [0.25, 0.3) is 0 Å². The molecular formula is C11H11N3O. The first kappa shape index (κ1) is 8.35. The zero-order valence-corrected chi connectivity index (χ0v) is 8.08. The van der Waals surface area contributed by atoms with Crippen molar-refractivity contribution in [2.75, 3.05) is 6.54 Å². The van der Waals surface area contributed by atoms with Crippen molar-refractivity contribution < 1.29 is 4.79 Å². The number of rotatable bonds is 1. The van der Waals surface area contributed by atoms with E-state index >= 15 is 0 Å². The monoisotopic (exact) mass is 201 g/mol. The molecule has 76 valence electrons. The number of hydrogen-bond donors (Lipinski definition) is 3. The maximum atomic E-state index is 11.1. The summed E-state index contributed by atoms with van der Waals surface area (Å²) in [5.41, 5.74) is 2.25. The quantitative estimate of drug-likeness (QED) is 0.643. The van der Waals surface area contributed by atoms with Gasteiger partial charge < -0.3 is 15.6 Å². The lowest BCUT2D eigenvalue weighted by Gasteiger charge is -2.06. The molecule has 1 atom stereocenters. The average Bonchev–Trinajstić information content (AvgIpc) is 2.83. The largest absolute Gasteiger partial charge is 0.361 e. The van der Waals surface area contributed by atoms with E-state index in [4.69, 9.17) is 0 Å². The van der Waals surface area contributed by atoms with Crippen molar-refractivity contribution in [3.8, 4) is 0 Å².